The van der Waals surface area contributed by atoms with Crippen LogP contribution in [0, 0.1) is 0 Å². The molecule has 0 aliphatic carbocycles. The molecule has 3 aromatic rings. The highest BCUT2D eigenvalue weighted by Gasteiger charge is 2.14. The van der Waals surface area contributed by atoms with E-state index in [1.54, 1.807) is 35.4 Å². The van der Waals surface area contributed by atoms with Crippen LogP contribution < -0.4 is 0 Å². The summed E-state index contributed by atoms with van der Waals surface area (Å²) in [5.41, 5.74) is 1.02. The van der Waals surface area contributed by atoms with E-state index in [1.165, 1.54) is 6.20 Å². The van der Waals surface area contributed by atoms with Crippen molar-refractivity contribution in [2.24, 2.45) is 0 Å². The Morgan fingerprint density at radius 1 is 1.23 bits per heavy atom. The molecule has 0 saturated carbocycles. The highest BCUT2D eigenvalue weighted by Crippen LogP contribution is 2.26. The fourth-order valence-electron chi connectivity index (χ4n) is 2.73. The van der Waals surface area contributed by atoms with Crippen molar-refractivity contribution in [1.29, 1.82) is 0 Å². The molecule has 26 heavy (non-hydrogen) atoms. The molecule has 0 atom stereocenters. The number of rotatable bonds is 2. The number of likely N-dealkylation sites (tertiary alicyclic amines) is 1. The maximum atomic E-state index is 12.3. The number of aromatic nitrogens is 4. The van der Waals surface area contributed by atoms with Gasteiger partial charge < -0.3 is 4.90 Å². The highest BCUT2D eigenvalue weighted by molar-refractivity contribution is 6.37. The number of nitrogens with zero attached hydrogens (tertiary/aromatic N) is 5. The van der Waals surface area contributed by atoms with E-state index in [9.17, 15) is 9.18 Å². The molecule has 0 amide bonds. The number of hydrogen-bond acceptors (Lipinski definition) is 5. The average Bonchev–Trinajstić information content (AvgIpc) is 3.11. The van der Waals surface area contributed by atoms with Crippen LogP contribution in [0.5, 0.6) is 0 Å². The Morgan fingerprint density at radius 2 is 2.00 bits per heavy atom. The fourth-order valence-corrected chi connectivity index (χ4v) is 2.97. The van der Waals surface area contributed by atoms with Crippen LogP contribution in [0.2, 0.25) is 5.02 Å². The van der Waals surface area contributed by atoms with Crippen LogP contribution in [0.3, 0.4) is 0 Å². The van der Waals surface area contributed by atoms with Crippen LogP contribution in [-0.4, -0.2) is 57.0 Å². The number of hydrogen-bond donors (Lipinski definition) is 0. The number of pyridine rings is 1. The van der Waals surface area contributed by atoms with Gasteiger partial charge in [-0.15, -0.1) is 0 Å². The molecule has 6 nitrogen and oxygen atoms in total. The van der Waals surface area contributed by atoms with Gasteiger partial charge in [0, 0.05) is 43.3 Å². The molecule has 1 fully saturated rings. The van der Waals surface area contributed by atoms with Gasteiger partial charge in [-0.3, -0.25) is 14.3 Å². The number of carbonyl (C=O) groups excluding carboxylic acids is 1. The lowest BCUT2D eigenvalue weighted by atomic mass is 10.1. The van der Waals surface area contributed by atoms with Crippen molar-refractivity contribution in [3.05, 3.63) is 47.6 Å². The predicted octanol–water partition coefficient (Wildman–Crippen LogP) is 3.33. The average molecular weight is 376 g/mol. The molecule has 0 N–H and O–H groups in total. The molecular weight excluding hydrogens is 357 g/mol. The monoisotopic (exact) mass is 375 g/mol. The second-order valence-electron chi connectivity index (χ2n) is 6.11. The smallest absolute Gasteiger partial charge is 0.156 e. The first kappa shape index (κ1) is 18.4. The first-order valence-corrected chi connectivity index (χ1v) is 8.67. The van der Waals surface area contributed by atoms with Gasteiger partial charge in [0.2, 0.25) is 0 Å². The molecule has 0 bridgehead atoms. The first-order valence-electron chi connectivity index (χ1n) is 8.30. The number of piperidine rings is 1. The molecular formula is C18H19ClFN5O. The van der Waals surface area contributed by atoms with E-state index in [4.69, 9.17) is 11.6 Å². The summed E-state index contributed by atoms with van der Waals surface area (Å²) in [6.07, 6.45) is 9.70. The number of carbonyl (C=O) groups is 1. The van der Waals surface area contributed by atoms with E-state index in [2.05, 4.69) is 19.9 Å². The van der Waals surface area contributed by atoms with E-state index in [-0.39, 0.29) is 0 Å². The second-order valence-corrected chi connectivity index (χ2v) is 6.49. The van der Waals surface area contributed by atoms with Crippen LogP contribution in [-0.2, 0) is 0 Å². The van der Waals surface area contributed by atoms with Gasteiger partial charge in [0.15, 0.2) is 12.1 Å². The van der Waals surface area contributed by atoms with Crippen LogP contribution in [0.15, 0.2) is 37.1 Å². The van der Waals surface area contributed by atoms with E-state index in [0.717, 1.165) is 25.9 Å². The molecule has 0 radical (unpaired) electrons. The quantitative estimate of drug-likeness (QED) is 0.643. The zero-order valence-electron chi connectivity index (χ0n) is 14.3. The van der Waals surface area contributed by atoms with Gasteiger partial charge in [-0.1, -0.05) is 11.6 Å². The SMILES string of the molecule is CN1CCC(F)CC1.O=Cc1cnc2c(ccn2-c2cnccn2)c1Cl. The summed E-state index contributed by atoms with van der Waals surface area (Å²) in [5, 5.41) is 1.12. The minimum Gasteiger partial charge on any atom is -0.306 e. The molecule has 8 heteroatoms. The predicted molar refractivity (Wildman–Crippen MR) is 98.7 cm³/mol. The zero-order valence-corrected chi connectivity index (χ0v) is 15.1. The standard InChI is InChI=1S/C12H7ClN4O.C6H12FN/c13-11-8(7-18)5-16-12-9(11)1-4-17(12)10-6-14-2-3-15-10;1-8-4-2-6(7)3-5-8/h1-7H;6H,2-5H2,1H3. The molecule has 1 saturated heterocycles. The van der Waals surface area contributed by atoms with Crippen molar-refractivity contribution >= 4 is 28.9 Å². The van der Waals surface area contributed by atoms with Gasteiger partial charge in [-0.25, -0.2) is 14.4 Å². The Hall–Kier alpha value is -2.38. The summed E-state index contributed by atoms with van der Waals surface area (Å²) in [5.74, 6) is 0.648. The Balaban J connectivity index is 0.000000206. The molecule has 0 unspecified atom stereocenters. The van der Waals surface area contributed by atoms with E-state index >= 15 is 0 Å². The van der Waals surface area contributed by atoms with Crippen LogP contribution >= 0.6 is 11.6 Å². The number of alkyl halides is 1. The minimum atomic E-state index is -0.522. The van der Waals surface area contributed by atoms with Crippen LogP contribution in [0.4, 0.5) is 4.39 Å². The zero-order chi connectivity index (χ0) is 18.5. The van der Waals surface area contributed by atoms with Gasteiger partial charge in [0.1, 0.15) is 11.8 Å². The maximum absolute atomic E-state index is 12.3. The van der Waals surface area contributed by atoms with Gasteiger partial charge in [-0.05, 0) is 26.0 Å². The molecule has 1 aliphatic rings. The summed E-state index contributed by atoms with van der Waals surface area (Å²) < 4.78 is 14.1. The highest BCUT2D eigenvalue weighted by atomic mass is 35.5. The summed E-state index contributed by atoms with van der Waals surface area (Å²) >= 11 is 6.12. The Bertz CT molecular complexity index is 868. The van der Waals surface area contributed by atoms with E-state index in [1.807, 2.05) is 7.05 Å². The topological polar surface area (TPSA) is 63.9 Å². The van der Waals surface area contributed by atoms with Crippen molar-refractivity contribution in [1.82, 2.24) is 24.4 Å². The Labute approximate surface area is 155 Å². The summed E-state index contributed by atoms with van der Waals surface area (Å²) in [7, 11) is 2.03. The Kier molecular flexibility index (Phi) is 5.90. The van der Waals surface area contributed by atoms with E-state index < -0.39 is 6.17 Å². The summed E-state index contributed by atoms with van der Waals surface area (Å²) in [6, 6.07) is 1.80. The Morgan fingerprint density at radius 3 is 2.62 bits per heavy atom. The van der Waals surface area contributed by atoms with Crippen molar-refractivity contribution < 1.29 is 9.18 Å². The third kappa shape index (κ3) is 4.05. The molecule has 1 aliphatic heterocycles. The summed E-state index contributed by atoms with van der Waals surface area (Å²) in [4.78, 5) is 25.4. The molecule has 3 aromatic heterocycles. The van der Waals surface area contributed by atoms with Crippen LogP contribution in [0.1, 0.15) is 23.2 Å². The molecule has 4 heterocycles. The normalized spacial score (nSPS) is 15.5. The van der Waals surface area contributed by atoms with Crippen molar-refractivity contribution in [2.45, 2.75) is 19.0 Å². The van der Waals surface area contributed by atoms with Gasteiger partial charge in [0.25, 0.3) is 0 Å². The second kappa shape index (κ2) is 8.33. The fraction of sp³-hybridized carbons (Fsp3) is 0.333. The van der Waals surface area contributed by atoms with Crippen LogP contribution in [0.25, 0.3) is 16.9 Å². The summed E-state index contributed by atoms with van der Waals surface area (Å²) in [6.45, 7) is 1.86. The van der Waals surface area contributed by atoms with Crippen molar-refractivity contribution in [3.8, 4) is 5.82 Å². The van der Waals surface area contributed by atoms with E-state index in [0.29, 0.717) is 33.7 Å². The van der Waals surface area contributed by atoms with Gasteiger partial charge >= 0.3 is 0 Å². The minimum absolute atomic E-state index is 0.376. The third-order valence-electron chi connectivity index (χ3n) is 4.25. The molecule has 0 aromatic carbocycles. The van der Waals surface area contributed by atoms with Gasteiger partial charge in [-0.2, -0.15) is 0 Å². The molecule has 0 spiro atoms. The largest absolute Gasteiger partial charge is 0.306 e. The number of aldehydes is 1. The van der Waals surface area contributed by atoms with Crippen molar-refractivity contribution in [2.75, 3.05) is 20.1 Å². The number of halogens is 2. The molecule has 136 valence electrons. The lowest BCUT2D eigenvalue weighted by molar-refractivity contribution is 0.112. The first-order chi connectivity index (χ1) is 12.6. The number of fused-ring (bicyclic) bond motifs is 1. The lowest BCUT2D eigenvalue weighted by Gasteiger charge is -2.23. The van der Waals surface area contributed by atoms with Crippen molar-refractivity contribution in [3.63, 3.8) is 0 Å². The van der Waals surface area contributed by atoms with Gasteiger partial charge in [0.05, 0.1) is 16.8 Å². The lowest BCUT2D eigenvalue weighted by Crippen LogP contribution is -2.30. The molecule has 4 rings (SSSR count). The maximum Gasteiger partial charge on any atom is 0.156 e. The third-order valence-corrected chi connectivity index (χ3v) is 4.67.